The van der Waals surface area contributed by atoms with Crippen molar-refractivity contribution in [2.45, 2.75) is 19.5 Å². The molecule has 7 nitrogen and oxygen atoms in total. The van der Waals surface area contributed by atoms with Crippen molar-refractivity contribution in [3.8, 4) is 11.5 Å². The normalized spacial score (nSPS) is 17.4. The smallest absolute Gasteiger partial charge is 0.296 e. The Labute approximate surface area is 195 Å². The van der Waals surface area contributed by atoms with Gasteiger partial charge in [0, 0.05) is 11.8 Å². The topological polar surface area (TPSA) is 100.0 Å². The van der Waals surface area contributed by atoms with Gasteiger partial charge in [0.15, 0.2) is 0 Å². The predicted octanol–water partition coefficient (Wildman–Crippen LogP) is 4.46. The first-order chi connectivity index (χ1) is 15.9. The fraction of sp³-hybridized carbons (Fsp3) is 0.160. The van der Waals surface area contributed by atoms with Gasteiger partial charge < -0.3 is 19.8 Å². The Morgan fingerprint density at radius 3 is 2.64 bits per heavy atom. The summed E-state index contributed by atoms with van der Waals surface area (Å²) >= 11 is 6.33. The summed E-state index contributed by atoms with van der Waals surface area (Å²) in [6.07, 6.45) is 1.59. The maximum absolute atomic E-state index is 13.1. The first-order valence-corrected chi connectivity index (χ1v) is 10.7. The highest BCUT2D eigenvalue weighted by molar-refractivity contribution is 6.47. The van der Waals surface area contributed by atoms with E-state index in [4.69, 9.17) is 16.3 Å². The number of phenolic OH excluding ortho intramolecular Hbond substituents is 1. The molecule has 4 rings (SSSR count). The van der Waals surface area contributed by atoms with Crippen LogP contribution >= 0.6 is 11.6 Å². The van der Waals surface area contributed by atoms with Crippen LogP contribution in [0.5, 0.6) is 11.5 Å². The maximum Gasteiger partial charge on any atom is 0.296 e. The van der Waals surface area contributed by atoms with E-state index in [9.17, 15) is 19.8 Å². The molecule has 1 amide bonds. The number of rotatable bonds is 6. The van der Waals surface area contributed by atoms with E-state index < -0.39 is 23.5 Å². The molecular formula is C25H21ClN2O5. The van der Waals surface area contributed by atoms with Gasteiger partial charge in [-0.25, -0.2) is 0 Å². The minimum Gasteiger partial charge on any atom is -0.508 e. The quantitative estimate of drug-likeness (QED) is 0.317. The number of phenols is 1. The molecular weight excluding hydrogens is 444 g/mol. The van der Waals surface area contributed by atoms with Gasteiger partial charge in [-0.15, -0.1) is 0 Å². The molecule has 2 aromatic carbocycles. The number of nitrogens with zero attached hydrogens (tertiary/aromatic N) is 2. The minimum atomic E-state index is -0.953. The van der Waals surface area contributed by atoms with Crippen molar-refractivity contribution >= 4 is 29.1 Å². The van der Waals surface area contributed by atoms with E-state index >= 15 is 0 Å². The lowest BCUT2D eigenvalue weighted by Gasteiger charge is -2.25. The highest BCUT2D eigenvalue weighted by Crippen LogP contribution is 2.42. The summed E-state index contributed by atoms with van der Waals surface area (Å²) in [7, 11) is 0. The molecule has 1 unspecified atom stereocenters. The van der Waals surface area contributed by atoms with Crippen LogP contribution in [0.2, 0.25) is 5.02 Å². The first kappa shape index (κ1) is 22.4. The van der Waals surface area contributed by atoms with Crippen molar-refractivity contribution in [3.05, 3.63) is 94.3 Å². The number of amides is 1. The second-order valence-corrected chi connectivity index (χ2v) is 7.82. The van der Waals surface area contributed by atoms with Crippen LogP contribution in [-0.4, -0.2) is 38.4 Å². The summed E-state index contributed by atoms with van der Waals surface area (Å²) in [6.45, 7) is 2.26. The van der Waals surface area contributed by atoms with Gasteiger partial charge in [-0.05, 0) is 55.0 Å². The summed E-state index contributed by atoms with van der Waals surface area (Å²) < 4.78 is 5.49. The molecule has 3 aromatic rings. The minimum absolute atomic E-state index is 0.0349. The number of carbonyl (C=O) groups excluding carboxylic acids is 2. The molecule has 33 heavy (non-hydrogen) atoms. The zero-order valence-corrected chi connectivity index (χ0v) is 18.5. The first-order valence-electron chi connectivity index (χ1n) is 10.3. The number of Topliss-reactive ketones (excluding diaryl/α,β-unsaturated/α-hetero) is 1. The third kappa shape index (κ3) is 4.40. The molecule has 0 bridgehead atoms. The third-order valence-electron chi connectivity index (χ3n) is 5.29. The number of carbonyl (C=O) groups is 2. The van der Waals surface area contributed by atoms with Gasteiger partial charge in [-0.3, -0.25) is 14.6 Å². The molecule has 1 fully saturated rings. The highest BCUT2D eigenvalue weighted by atomic mass is 35.5. The van der Waals surface area contributed by atoms with E-state index in [-0.39, 0.29) is 28.5 Å². The van der Waals surface area contributed by atoms with Crippen LogP contribution in [0.1, 0.15) is 29.8 Å². The Balaban J connectivity index is 1.89. The third-order valence-corrected chi connectivity index (χ3v) is 5.62. The summed E-state index contributed by atoms with van der Waals surface area (Å²) in [5.41, 5.74) is 1.07. The highest BCUT2D eigenvalue weighted by Gasteiger charge is 2.46. The number of hydrogen-bond donors (Lipinski definition) is 2. The average Bonchev–Trinajstić information content (AvgIpc) is 3.06. The van der Waals surface area contributed by atoms with Crippen LogP contribution in [0.25, 0.3) is 5.76 Å². The fourth-order valence-corrected chi connectivity index (χ4v) is 4.05. The lowest BCUT2D eigenvalue weighted by Crippen LogP contribution is -2.29. The standard InChI is InChI=1S/C25H21ClN2O5/c1-2-33-18-9-10-20(26)19(13-18)23(30)21-22(15-6-5-8-17(29)12-15)28(25(32)24(21)31)14-16-7-3-4-11-27-16/h3-13,22,29-30H,2,14H2,1H3/b23-21+. The number of benzene rings is 2. The zero-order valence-electron chi connectivity index (χ0n) is 17.7. The molecule has 1 atom stereocenters. The van der Waals surface area contributed by atoms with E-state index in [0.717, 1.165) is 0 Å². The Morgan fingerprint density at radius 1 is 1.12 bits per heavy atom. The van der Waals surface area contributed by atoms with Crippen LogP contribution < -0.4 is 4.74 Å². The number of likely N-dealkylation sites (tertiary alicyclic amines) is 1. The van der Waals surface area contributed by atoms with Gasteiger partial charge in [0.2, 0.25) is 0 Å². The summed E-state index contributed by atoms with van der Waals surface area (Å²) in [5, 5.41) is 21.5. The molecule has 1 saturated heterocycles. The van der Waals surface area contributed by atoms with E-state index in [1.54, 1.807) is 48.7 Å². The summed E-state index contributed by atoms with van der Waals surface area (Å²) in [6, 6.07) is 15.2. The van der Waals surface area contributed by atoms with E-state index in [2.05, 4.69) is 4.98 Å². The number of aromatic hydroxyl groups is 1. The van der Waals surface area contributed by atoms with Gasteiger partial charge in [0.05, 0.1) is 35.5 Å². The molecule has 0 radical (unpaired) electrons. The predicted molar refractivity (Wildman–Crippen MR) is 123 cm³/mol. The number of halogens is 1. The SMILES string of the molecule is CCOc1ccc(Cl)c(/C(O)=C2\C(=O)C(=O)N(Cc3ccccn3)C2c2cccc(O)c2)c1. The van der Waals surface area contributed by atoms with Crippen molar-refractivity contribution in [1.29, 1.82) is 0 Å². The number of ether oxygens (including phenoxy) is 1. The van der Waals surface area contributed by atoms with E-state index in [1.165, 1.54) is 23.1 Å². The zero-order chi connectivity index (χ0) is 23.5. The van der Waals surface area contributed by atoms with Crippen LogP contribution in [0.3, 0.4) is 0 Å². The molecule has 168 valence electrons. The summed E-state index contributed by atoms with van der Waals surface area (Å²) in [5.74, 6) is -1.63. The number of aliphatic hydroxyl groups is 1. The molecule has 0 aliphatic carbocycles. The van der Waals surface area contributed by atoms with Crippen LogP contribution in [0.4, 0.5) is 0 Å². The van der Waals surface area contributed by atoms with Gasteiger partial charge in [0.25, 0.3) is 11.7 Å². The van der Waals surface area contributed by atoms with Crippen molar-refractivity contribution in [1.82, 2.24) is 9.88 Å². The van der Waals surface area contributed by atoms with E-state index in [0.29, 0.717) is 23.6 Å². The molecule has 2 heterocycles. The fourth-order valence-electron chi connectivity index (χ4n) is 3.84. The molecule has 8 heteroatoms. The van der Waals surface area contributed by atoms with Crippen molar-refractivity contribution in [2.24, 2.45) is 0 Å². The number of ketones is 1. The Hall–Kier alpha value is -3.84. The van der Waals surface area contributed by atoms with Crippen molar-refractivity contribution in [3.63, 3.8) is 0 Å². The molecule has 1 aliphatic heterocycles. The van der Waals surface area contributed by atoms with E-state index in [1.807, 2.05) is 6.92 Å². The van der Waals surface area contributed by atoms with Crippen molar-refractivity contribution in [2.75, 3.05) is 6.61 Å². The Kier molecular flexibility index (Phi) is 6.33. The van der Waals surface area contributed by atoms with Gasteiger partial charge in [-0.1, -0.05) is 29.8 Å². The van der Waals surface area contributed by atoms with Gasteiger partial charge >= 0.3 is 0 Å². The van der Waals surface area contributed by atoms with Crippen molar-refractivity contribution < 1.29 is 24.5 Å². The number of aromatic nitrogens is 1. The average molecular weight is 465 g/mol. The molecule has 0 spiro atoms. The Morgan fingerprint density at radius 2 is 1.94 bits per heavy atom. The number of aliphatic hydroxyl groups excluding tert-OH is 1. The van der Waals surface area contributed by atoms with Crippen LogP contribution in [-0.2, 0) is 16.1 Å². The maximum atomic E-state index is 13.1. The molecule has 1 aromatic heterocycles. The molecule has 1 aliphatic rings. The molecule has 2 N–H and O–H groups in total. The number of pyridine rings is 1. The second-order valence-electron chi connectivity index (χ2n) is 7.42. The molecule has 0 saturated carbocycles. The van der Waals surface area contributed by atoms with Gasteiger partial charge in [0.1, 0.15) is 17.3 Å². The van der Waals surface area contributed by atoms with Crippen LogP contribution in [0.15, 0.2) is 72.4 Å². The second kappa shape index (κ2) is 9.34. The number of hydrogen-bond acceptors (Lipinski definition) is 6. The monoisotopic (exact) mass is 464 g/mol. The lowest BCUT2D eigenvalue weighted by atomic mass is 9.95. The Bertz CT molecular complexity index is 1240. The summed E-state index contributed by atoms with van der Waals surface area (Å²) in [4.78, 5) is 31.8. The largest absolute Gasteiger partial charge is 0.508 e. The lowest BCUT2D eigenvalue weighted by molar-refractivity contribution is -0.140. The van der Waals surface area contributed by atoms with Gasteiger partial charge in [-0.2, -0.15) is 0 Å². The van der Waals surface area contributed by atoms with Crippen LogP contribution in [0, 0.1) is 0 Å².